The zero-order valence-electron chi connectivity index (χ0n) is 13.9. The molecule has 1 N–H and O–H groups in total. The van der Waals surface area contributed by atoms with Crippen LogP contribution in [0.2, 0.25) is 5.02 Å². The molecule has 1 amide bonds. The predicted molar refractivity (Wildman–Crippen MR) is 93.9 cm³/mol. The molecule has 0 aliphatic rings. The maximum absolute atomic E-state index is 13.0. The van der Waals surface area contributed by atoms with Crippen molar-refractivity contribution in [2.75, 3.05) is 6.54 Å². The van der Waals surface area contributed by atoms with Crippen molar-refractivity contribution in [3.05, 3.63) is 76.8 Å². The SMILES string of the molecule is O=C(NCCc1ncc(-n2cccn2)cc1Cl)c1ccccc1C(F)(F)F. The van der Waals surface area contributed by atoms with Crippen LogP contribution in [0.25, 0.3) is 5.69 Å². The molecule has 0 saturated heterocycles. The average Bonchev–Trinajstić information content (AvgIpc) is 3.17. The molecule has 0 bridgehead atoms. The van der Waals surface area contributed by atoms with Crippen LogP contribution in [0.5, 0.6) is 0 Å². The van der Waals surface area contributed by atoms with Gasteiger partial charge in [0.1, 0.15) is 0 Å². The monoisotopic (exact) mass is 394 g/mol. The van der Waals surface area contributed by atoms with Crippen LogP contribution in [0.4, 0.5) is 13.2 Å². The number of carbonyl (C=O) groups excluding carboxylic acids is 1. The van der Waals surface area contributed by atoms with Gasteiger partial charge in [0, 0.05) is 25.4 Å². The number of hydrogen-bond donors (Lipinski definition) is 1. The predicted octanol–water partition coefficient (Wildman–Crippen LogP) is 3.91. The minimum atomic E-state index is -4.60. The molecule has 0 spiro atoms. The average molecular weight is 395 g/mol. The van der Waals surface area contributed by atoms with Gasteiger partial charge in [0.2, 0.25) is 0 Å². The number of rotatable bonds is 5. The molecule has 3 aromatic rings. The fourth-order valence-electron chi connectivity index (χ4n) is 2.50. The molecule has 0 radical (unpaired) electrons. The number of nitrogens with zero attached hydrogens (tertiary/aromatic N) is 3. The minimum absolute atomic E-state index is 0.0961. The van der Waals surface area contributed by atoms with Gasteiger partial charge in [-0.1, -0.05) is 23.7 Å². The molecule has 0 aliphatic heterocycles. The van der Waals surface area contributed by atoms with E-state index in [1.165, 1.54) is 12.1 Å². The van der Waals surface area contributed by atoms with Crippen molar-refractivity contribution in [2.24, 2.45) is 0 Å². The van der Waals surface area contributed by atoms with E-state index in [4.69, 9.17) is 11.6 Å². The number of carbonyl (C=O) groups is 1. The van der Waals surface area contributed by atoms with E-state index in [0.29, 0.717) is 16.4 Å². The highest BCUT2D eigenvalue weighted by Gasteiger charge is 2.34. The summed E-state index contributed by atoms with van der Waals surface area (Å²) in [6.45, 7) is 0.0961. The zero-order valence-corrected chi connectivity index (χ0v) is 14.6. The molecule has 0 saturated carbocycles. The smallest absolute Gasteiger partial charge is 0.352 e. The van der Waals surface area contributed by atoms with Gasteiger partial charge in [0.15, 0.2) is 0 Å². The first-order valence-electron chi connectivity index (χ1n) is 7.95. The maximum atomic E-state index is 13.0. The Labute approximate surface area is 157 Å². The van der Waals surface area contributed by atoms with E-state index in [2.05, 4.69) is 15.4 Å². The lowest BCUT2D eigenvalue weighted by molar-refractivity contribution is -0.137. The number of aromatic nitrogens is 3. The molecular formula is C18H14ClF3N4O. The molecule has 27 heavy (non-hydrogen) atoms. The van der Waals surface area contributed by atoms with Gasteiger partial charge in [-0.15, -0.1) is 0 Å². The number of pyridine rings is 1. The van der Waals surface area contributed by atoms with Gasteiger partial charge < -0.3 is 5.32 Å². The molecule has 9 heteroatoms. The summed E-state index contributed by atoms with van der Waals surface area (Å²) >= 11 is 6.20. The molecule has 3 rings (SSSR count). The molecule has 0 aliphatic carbocycles. The third kappa shape index (κ3) is 4.46. The molecule has 0 unspecified atom stereocenters. The number of amides is 1. The summed E-state index contributed by atoms with van der Waals surface area (Å²) < 4.78 is 40.6. The van der Waals surface area contributed by atoms with Crippen molar-refractivity contribution in [1.82, 2.24) is 20.1 Å². The Morgan fingerprint density at radius 2 is 2.00 bits per heavy atom. The van der Waals surface area contributed by atoms with Gasteiger partial charge in [0.05, 0.1) is 33.7 Å². The van der Waals surface area contributed by atoms with Crippen LogP contribution in [0.1, 0.15) is 21.6 Å². The highest BCUT2D eigenvalue weighted by atomic mass is 35.5. The maximum Gasteiger partial charge on any atom is 0.417 e. The second kappa shape index (κ2) is 7.79. The van der Waals surface area contributed by atoms with Gasteiger partial charge in [-0.05, 0) is 24.3 Å². The van der Waals surface area contributed by atoms with E-state index in [1.54, 1.807) is 35.4 Å². The standard InChI is InChI=1S/C18H14ClF3N4O/c19-15-10-12(26-9-3-7-25-26)11-24-16(15)6-8-23-17(27)13-4-1-2-5-14(13)18(20,21)22/h1-5,7,9-11H,6,8H2,(H,23,27). The highest BCUT2D eigenvalue weighted by molar-refractivity contribution is 6.31. The second-order valence-corrected chi connectivity index (χ2v) is 6.03. The summed E-state index contributed by atoms with van der Waals surface area (Å²) in [5.41, 5.74) is -0.186. The van der Waals surface area contributed by atoms with E-state index in [-0.39, 0.29) is 13.0 Å². The van der Waals surface area contributed by atoms with E-state index in [0.717, 1.165) is 12.1 Å². The summed E-state index contributed by atoms with van der Waals surface area (Å²) in [4.78, 5) is 16.4. The first kappa shape index (κ1) is 18.9. The van der Waals surface area contributed by atoms with E-state index in [9.17, 15) is 18.0 Å². The molecule has 2 heterocycles. The first-order chi connectivity index (χ1) is 12.9. The summed E-state index contributed by atoms with van der Waals surface area (Å²) in [6, 6.07) is 8.08. The molecule has 0 fully saturated rings. The van der Waals surface area contributed by atoms with Crippen LogP contribution < -0.4 is 5.32 Å². The van der Waals surface area contributed by atoms with Crippen molar-refractivity contribution in [2.45, 2.75) is 12.6 Å². The molecule has 140 valence electrons. The van der Waals surface area contributed by atoms with Crippen molar-refractivity contribution >= 4 is 17.5 Å². The van der Waals surface area contributed by atoms with Crippen LogP contribution in [0.15, 0.2) is 55.0 Å². The Bertz CT molecular complexity index is 942. The number of benzene rings is 1. The number of hydrogen-bond acceptors (Lipinski definition) is 3. The lowest BCUT2D eigenvalue weighted by atomic mass is 10.1. The van der Waals surface area contributed by atoms with Gasteiger partial charge in [-0.3, -0.25) is 9.78 Å². The summed E-state index contributed by atoms with van der Waals surface area (Å²) in [5.74, 6) is -0.799. The summed E-state index contributed by atoms with van der Waals surface area (Å²) in [5, 5.41) is 6.93. The molecule has 1 aromatic carbocycles. The second-order valence-electron chi connectivity index (χ2n) is 5.62. The number of halogens is 4. The Kier molecular flexibility index (Phi) is 5.46. The van der Waals surface area contributed by atoms with Crippen LogP contribution in [0.3, 0.4) is 0 Å². The Hall–Kier alpha value is -2.87. The van der Waals surface area contributed by atoms with E-state index < -0.39 is 23.2 Å². The molecule has 2 aromatic heterocycles. The lowest BCUT2D eigenvalue weighted by Crippen LogP contribution is -2.28. The van der Waals surface area contributed by atoms with Gasteiger partial charge in [0.25, 0.3) is 5.91 Å². The summed E-state index contributed by atoms with van der Waals surface area (Å²) in [7, 11) is 0. The molecule has 5 nitrogen and oxygen atoms in total. The van der Waals surface area contributed by atoms with Crippen LogP contribution >= 0.6 is 11.6 Å². The quantitative estimate of drug-likeness (QED) is 0.713. The fourth-order valence-corrected chi connectivity index (χ4v) is 2.76. The molecule has 0 atom stereocenters. The minimum Gasteiger partial charge on any atom is -0.352 e. The zero-order chi connectivity index (χ0) is 19.4. The Balaban J connectivity index is 1.64. The van der Waals surface area contributed by atoms with Gasteiger partial charge in [-0.2, -0.15) is 18.3 Å². The fraction of sp³-hybridized carbons (Fsp3) is 0.167. The van der Waals surface area contributed by atoms with Crippen molar-refractivity contribution < 1.29 is 18.0 Å². The van der Waals surface area contributed by atoms with Gasteiger partial charge in [-0.25, -0.2) is 4.68 Å². The number of alkyl halides is 3. The number of nitrogens with one attached hydrogen (secondary N) is 1. The Morgan fingerprint density at radius 3 is 2.67 bits per heavy atom. The van der Waals surface area contributed by atoms with Crippen molar-refractivity contribution in [3.63, 3.8) is 0 Å². The largest absolute Gasteiger partial charge is 0.417 e. The lowest BCUT2D eigenvalue weighted by Gasteiger charge is -2.13. The van der Waals surface area contributed by atoms with E-state index in [1.807, 2.05) is 0 Å². The molecular weight excluding hydrogens is 381 g/mol. The third-order valence-electron chi connectivity index (χ3n) is 3.80. The van der Waals surface area contributed by atoms with Crippen LogP contribution in [-0.2, 0) is 12.6 Å². The van der Waals surface area contributed by atoms with Crippen LogP contribution in [0, 0.1) is 0 Å². The normalized spacial score (nSPS) is 11.4. The topological polar surface area (TPSA) is 59.8 Å². The van der Waals surface area contributed by atoms with E-state index >= 15 is 0 Å². The first-order valence-corrected chi connectivity index (χ1v) is 8.33. The van der Waals surface area contributed by atoms with Crippen molar-refractivity contribution in [3.8, 4) is 5.69 Å². The summed E-state index contributed by atoms with van der Waals surface area (Å²) in [6.07, 6.45) is 0.621. The van der Waals surface area contributed by atoms with Gasteiger partial charge >= 0.3 is 6.18 Å². The van der Waals surface area contributed by atoms with Crippen molar-refractivity contribution in [1.29, 1.82) is 0 Å². The van der Waals surface area contributed by atoms with Crippen LogP contribution in [-0.4, -0.2) is 27.2 Å². The highest BCUT2D eigenvalue weighted by Crippen LogP contribution is 2.31. The Morgan fingerprint density at radius 1 is 1.22 bits per heavy atom. The third-order valence-corrected chi connectivity index (χ3v) is 4.12.